The quantitative estimate of drug-likeness (QED) is 0.861. The third kappa shape index (κ3) is 4.67. The van der Waals surface area contributed by atoms with Crippen molar-refractivity contribution in [3.63, 3.8) is 0 Å². The van der Waals surface area contributed by atoms with E-state index < -0.39 is 0 Å². The standard InChI is InChI=1S/C17H23NO2S2/c19-16(8-7-15-6-2-9-20-15)18-14-5-1-4-13(12-14)17-21-10-3-11-22-17/h1,4-5,12,15,17H,2-3,6-11H2,(H,18,19)/t15-/m0/s1. The van der Waals surface area contributed by atoms with Crippen LogP contribution in [-0.4, -0.2) is 30.1 Å². The molecule has 1 amide bonds. The number of carbonyl (C=O) groups is 1. The second-order valence-electron chi connectivity index (χ2n) is 5.77. The Morgan fingerprint density at radius 2 is 2.14 bits per heavy atom. The van der Waals surface area contributed by atoms with E-state index in [0.29, 0.717) is 11.0 Å². The number of rotatable bonds is 5. The van der Waals surface area contributed by atoms with Crippen LogP contribution in [0.1, 0.15) is 42.2 Å². The van der Waals surface area contributed by atoms with Crippen molar-refractivity contribution < 1.29 is 9.53 Å². The number of ether oxygens (including phenoxy) is 1. The van der Waals surface area contributed by atoms with Gasteiger partial charge in [0.2, 0.25) is 5.91 Å². The van der Waals surface area contributed by atoms with E-state index in [-0.39, 0.29) is 12.0 Å². The van der Waals surface area contributed by atoms with E-state index in [9.17, 15) is 4.79 Å². The molecule has 2 heterocycles. The summed E-state index contributed by atoms with van der Waals surface area (Å²) in [4.78, 5) is 12.1. The van der Waals surface area contributed by atoms with E-state index in [2.05, 4.69) is 17.4 Å². The van der Waals surface area contributed by atoms with Gasteiger partial charge in [-0.25, -0.2) is 0 Å². The molecule has 3 rings (SSSR count). The molecule has 22 heavy (non-hydrogen) atoms. The van der Waals surface area contributed by atoms with Crippen molar-refractivity contribution in [3.05, 3.63) is 29.8 Å². The highest BCUT2D eigenvalue weighted by Gasteiger charge is 2.18. The Morgan fingerprint density at radius 3 is 2.91 bits per heavy atom. The number of benzene rings is 1. The first-order chi connectivity index (χ1) is 10.8. The van der Waals surface area contributed by atoms with Gasteiger partial charge in [0.1, 0.15) is 0 Å². The number of amides is 1. The summed E-state index contributed by atoms with van der Waals surface area (Å²) >= 11 is 4.01. The largest absolute Gasteiger partial charge is 0.378 e. The smallest absolute Gasteiger partial charge is 0.224 e. The van der Waals surface area contributed by atoms with Gasteiger partial charge in [-0.05, 0) is 54.9 Å². The summed E-state index contributed by atoms with van der Waals surface area (Å²) < 4.78 is 6.08. The first-order valence-electron chi connectivity index (χ1n) is 8.06. The van der Waals surface area contributed by atoms with Crippen LogP contribution >= 0.6 is 23.5 Å². The molecule has 0 radical (unpaired) electrons. The molecule has 1 atom stereocenters. The molecule has 0 unspecified atom stereocenters. The average Bonchev–Trinajstić information content (AvgIpc) is 3.08. The molecule has 0 aliphatic carbocycles. The van der Waals surface area contributed by atoms with Crippen LogP contribution in [-0.2, 0) is 9.53 Å². The van der Waals surface area contributed by atoms with Crippen molar-refractivity contribution >= 4 is 35.1 Å². The molecule has 120 valence electrons. The van der Waals surface area contributed by atoms with Gasteiger partial charge in [-0.15, -0.1) is 23.5 Å². The van der Waals surface area contributed by atoms with E-state index in [1.165, 1.54) is 23.5 Å². The molecule has 0 bridgehead atoms. The maximum atomic E-state index is 12.1. The summed E-state index contributed by atoms with van der Waals surface area (Å²) in [5.74, 6) is 2.56. The van der Waals surface area contributed by atoms with Gasteiger partial charge in [0.25, 0.3) is 0 Å². The molecule has 0 aromatic heterocycles. The Hall–Kier alpha value is -0.650. The molecule has 2 aliphatic heterocycles. The highest BCUT2D eigenvalue weighted by molar-refractivity contribution is 8.16. The Balaban J connectivity index is 1.51. The van der Waals surface area contributed by atoms with Gasteiger partial charge < -0.3 is 10.1 Å². The van der Waals surface area contributed by atoms with Gasteiger partial charge in [0.15, 0.2) is 0 Å². The van der Waals surface area contributed by atoms with E-state index in [1.807, 2.05) is 35.7 Å². The monoisotopic (exact) mass is 337 g/mol. The number of hydrogen-bond donors (Lipinski definition) is 1. The fourth-order valence-corrected chi connectivity index (χ4v) is 5.70. The maximum absolute atomic E-state index is 12.1. The minimum absolute atomic E-state index is 0.0941. The number of anilines is 1. The molecule has 0 saturated carbocycles. The van der Waals surface area contributed by atoms with E-state index in [4.69, 9.17) is 4.74 Å². The second-order valence-corrected chi connectivity index (χ2v) is 8.50. The maximum Gasteiger partial charge on any atom is 0.224 e. The Labute approximate surface area is 141 Å². The first-order valence-corrected chi connectivity index (χ1v) is 10.2. The molecule has 5 heteroatoms. The van der Waals surface area contributed by atoms with E-state index >= 15 is 0 Å². The van der Waals surface area contributed by atoms with E-state index in [1.54, 1.807) is 0 Å². The lowest BCUT2D eigenvalue weighted by Gasteiger charge is -2.21. The lowest BCUT2D eigenvalue weighted by molar-refractivity contribution is -0.116. The topological polar surface area (TPSA) is 38.3 Å². The van der Waals surface area contributed by atoms with Crippen LogP contribution in [0.4, 0.5) is 5.69 Å². The Kier molecular flexibility index (Phi) is 6.10. The van der Waals surface area contributed by atoms with Crippen molar-refractivity contribution in [3.8, 4) is 0 Å². The predicted molar refractivity (Wildman–Crippen MR) is 95.6 cm³/mol. The molecule has 0 spiro atoms. The Morgan fingerprint density at radius 1 is 1.27 bits per heavy atom. The zero-order valence-corrected chi connectivity index (χ0v) is 14.4. The SMILES string of the molecule is O=C(CC[C@@H]1CCCO1)Nc1cccc(C2SCCCS2)c1. The number of thioether (sulfide) groups is 2. The average molecular weight is 338 g/mol. The van der Waals surface area contributed by atoms with Crippen LogP contribution in [0.25, 0.3) is 0 Å². The summed E-state index contributed by atoms with van der Waals surface area (Å²) in [7, 11) is 0. The predicted octanol–water partition coefficient (Wildman–Crippen LogP) is 4.45. The summed E-state index contributed by atoms with van der Waals surface area (Å²) in [6, 6.07) is 8.31. The molecule has 2 aliphatic rings. The van der Waals surface area contributed by atoms with Gasteiger partial charge in [-0.3, -0.25) is 4.79 Å². The van der Waals surface area contributed by atoms with Gasteiger partial charge in [-0.2, -0.15) is 0 Å². The first kappa shape index (κ1) is 16.2. The number of nitrogens with one attached hydrogen (secondary N) is 1. The molecule has 3 nitrogen and oxygen atoms in total. The van der Waals surface area contributed by atoms with Gasteiger partial charge in [0, 0.05) is 18.7 Å². The van der Waals surface area contributed by atoms with Crippen molar-refractivity contribution in [1.82, 2.24) is 0 Å². The van der Waals surface area contributed by atoms with Crippen molar-refractivity contribution in [2.45, 2.75) is 42.8 Å². The number of carbonyl (C=O) groups excluding carboxylic acids is 1. The molecule has 1 aromatic carbocycles. The lowest BCUT2D eigenvalue weighted by atomic mass is 10.1. The summed E-state index contributed by atoms with van der Waals surface area (Å²) in [5.41, 5.74) is 2.23. The van der Waals surface area contributed by atoms with E-state index in [0.717, 1.165) is 31.6 Å². The van der Waals surface area contributed by atoms with Gasteiger partial charge in [-0.1, -0.05) is 12.1 Å². The molecular weight excluding hydrogens is 314 g/mol. The summed E-state index contributed by atoms with van der Waals surface area (Å²) in [6.45, 7) is 0.852. The fourth-order valence-electron chi connectivity index (χ4n) is 2.83. The van der Waals surface area contributed by atoms with Crippen molar-refractivity contribution in [2.24, 2.45) is 0 Å². The van der Waals surface area contributed by atoms with Gasteiger partial charge >= 0.3 is 0 Å². The minimum atomic E-state index is 0.0941. The molecular formula is C17H23NO2S2. The third-order valence-electron chi connectivity index (χ3n) is 3.99. The zero-order chi connectivity index (χ0) is 15.2. The molecule has 1 N–H and O–H groups in total. The van der Waals surface area contributed by atoms with Crippen LogP contribution in [0.15, 0.2) is 24.3 Å². The second kappa shape index (κ2) is 8.27. The fraction of sp³-hybridized carbons (Fsp3) is 0.588. The highest BCUT2D eigenvalue weighted by Crippen LogP contribution is 2.44. The molecule has 1 aromatic rings. The number of hydrogen-bond acceptors (Lipinski definition) is 4. The van der Waals surface area contributed by atoms with Crippen LogP contribution in [0.2, 0.25) is 0 Å². The highest BCUT2D eigenvalue weighted by atomic mass is 32.2. The van der Waals surface area contributed by atoms with Crippen molar-refractivity contribution in [1.29, 1.82) is 0 Å². The van der Waals surface area contributed by atoms with Crippen LogP contribution in [0.5, 0.6) is 0 Å². The lowest BCUT2D eigenvalue weighted by Crippen LogP contribution is -2.15. The summed E-state index contributed by atoms with van der Waals surface area (Å²) in [6.07, 6.45) is 5.18. The minimum Gasteiger partial charge on any atom is -0.378 e. The van der Waals surface area contributed by atoms with Gasteiger partial charge in [0.05, 0.1) is 10.7 Å². The van der Waals surface area contributed by atoms with Crippen LogP contribution in [0, 0.1) is 0 Å². The molecule has 2 fully saturated rings. The van der Waals surface area contributed by atoms with Crippen LogP contribution < -0.4 is 5.32 Å². The van der Waals surface area contributed by atoms with Crippen LogP contribution in [0.3, 0.4) is 0 Å². The normalized spacial score (nSPS) is 22.6. The third-order valence-corrected chi connectivity index (χ3v) is 7.00. The Bertz CT molecular complexity index is 497. The molecule has 2 saturated heterocycles. The zero-order valence-electron chi connectivity index (χ0n) is 12.8. The van der Waals surface area contributed by atoms with Crippen molar-refractivity contribution in [2.75, 3.05) is 23.4 Å². The summed E-state index contributed by atoms with van der Waals surface area (Å²) in [5, 5.41) is 3.03.